The number of amides is 1. The van der Waals surface area contributed by atoms with Crippen LogP contribution in [0.2, 0.25) is 0 Å². The van der Waals surface area contributed by atoms with Crippen molar-refractivity contribution < 1.29 is 19.4 Å². The number of halogens is 1. The third-order valence-electron chi connectivity index (χ3n) is 3.06. The lowest BCUT2D eigenvalue weighted by atomic mass is 10.1. The van der Waals surface area contributed by atoms with Gasteiger partial charge >= 0.3 is 5.97 Å². The Morgan fingerprint density at radius 1 is 1.33 bits per heavy atom. The summed E-state index contributed by atoms with van der Waals surface area (Å²) in [7, 11) is 0. The van der Waals surface area contributed by atoms with E-state index >= 15 is 0 Å². The van der Waals surface area contributed by atoms with Crippen molar-refractivity contribution in [1.82, 2.24) is 4.90 Å². The highest BCUT2D eigenvalue weighted by Gasteiger charge is 2.22. The first-order valence-electron chi connectivity index (χ1n) is 6.80. The molecule has 6 heteroatoms. The Morgan fingerprint density at radius 3 is 2.57 bits per heavy atom. The fourth-order valence-corrected chi connectivity index (χ4v) is 2.68. The van der Waals surface area contributed by atoms with Crippen LogP contribution in [0.15, 0.2) is 28.7 Å². The second-order valence-electron chi connectivity index (χ2n) is 4.67. The zero-order valence-corrected chi connectivity index (χ0v) is 13.8. The number of carboxylic acids is 1. The zero-order valence-electron chi connectivity index (χ0n) is 12.2. The number of carboxylic acid groups (broad SMARTS) is 1. The molecule has 1 atom stereocenters. The molecule has 0 aliphatic rings. The minimum atomic E-state index is -1.08. The summed E-state index contributed by atoms with van der Waals surface area (Å²) in [5, 5.41) is 8.54. The molecule has 0 fully saturated rings. The van der Waals surface area contributed by atoms with Gasteiger partial charge in [0, 0.05) is 11.0 Å². The number of carbonyl (C=O) groups is 2. The Morgan fingerprint density at radius 2 is 2.00 bits per heavy atom. The minimum Gasteiger partial charge on any atom is -0.480 e. The van der Waals surface area contributed by atoms with Crippen LogP contribution < -0.4 is 0 Å². The van der Waals surface area contributed by atoms with Crippen molar-refractivity contribution >= 4 is 27.8 Å². The van der Waals surface area contributed by atoms with Gasteiger partial charge in [-0.1, -0.05) is 41.1 Å². The second-order valence-corrected chi connectivity index (χ2v) is 5.53. The lowest BCUT2D eigenvalue weighted by molar-refractivity contribution is -0.146. The average molecular weight is 358 g/mol. The van der Waals surface area contributed by atoms with Gasteiger partial charge in [0.05, 0.1) is 6.04 Å². The molecule has 0 saturated carbocycles. The zero-order chi connectivity index (χ0) is 15.8. The maximum atomic E-state index is 12.2. The fraction of sp³-hybridized carbons (Fsp3) is 0.467. The van der Waals surface area contributed by atoms with E-state index in [1.165, 1.54) is 0 Å². The Bertz CT molecular complexity index is 492. The van der Waals surface area contributed by atoms with Crippen LogP contribution in [-0.4, -0.2) is 41.6 Å². The number of hydrogen-bond donors (Lipinski definition) is 1. The van der Waals surface area contributed by atoms with Gasteiger partial charge in [0.15, 0.2) is 0 Å². The first-order valence-corrected chi connectivity index (χ1v) is 7.60. The molecular formula is C15H20BrNO4. The van der Waals surface area contributed by atoms with Crippen molar-refractivity contribution in [2.24, 2.45) is 0 Å². The number of aliphatic carboxylic acids is 1. The van der Waals surface area contributed by atoms with Crippen LogP contribution >= 0.6 is 15.9 Å². The number of ether oxygens (including phenoxy) is 1. The summed E-state index contributed by atoms with van der Waals surface area (Å²) >= 11 is 3.49. The molecule has 0 spiro atoms. The van der Waals surface area contributed by atoms with E-state index in [1.54, 1.807) is 4.90 Å². The second kappa shape index (κ2) is 8.79. The predicted molar refractivity (Wildman–Crippen MR) is 83.0 cm³/mol. The van der Waals surface area contributed by atoms with E-state index in [4.69, 9.17) is 9.84 Å². The molecule has 116 valence electrons. The van der Waals surface area contributed by atoms with Crippen LogP contribution in [-0.2, 0) is 14.3 Å². The Kier molecular flexibility index (Phi) is 7.39. The van der Waals surface area contributed by atoms with Gasteiger partial charge in [-0.05, 0) is 25.0 Å². The molecular weight excluding hydrogens is 338 g/mol. The van der Waals surface area contributed by atoms with Crippen molar-refractivity contribution in [3.05, 3.63) is 34.3 Å². The van der Waals surface area contributed by atoms with E-state index in [1.807, 2.05) is 38.1 Å². The number of rotatable bonds is 8. The molecule has 0 saturated heterocycles. The Labute approximate surface area is 133 Å². The third-order valence-corrected chi connectivity index (χ3v) is 3.78. The van der Waals surface area contributed by atoms with Gasteiger partial charge in [0.2, 0.25) is 5.91 Å². The predicted octanol–water partition coefficient (Wildman–Crippen LogP) is 2.85. The monoisotopic (exact) mass is 357 g/mol. The summed E-state index contributed by atoms with van der Waals surface area (Å²) in [4.78, 5) is 24.4. The largest absolute Gasteiger partial charge is 0.480 e. The van der Waals surface area contributed by atoms with E-state index in [2.05, 4.69) is 15.9 Å². The van der Waals surface area contributed by atoms with Gasteiger partial charge in [0.1, 0.15) is 13.2 Å². The van der Waals surface area contributed by atoms with Crippen molar-refractivity contribution in [3.63, 3.8) is 0 Å². The first kappa shape index (κ1) is 17.7. The van der Waals surface area contributed by atoms with Gasteiger partial charge in [-0.2, -0.15) is 0 Å². The van der Waals surface area contributed by atoms with E-state index in [9.17, 15) is 9.59 Å². The smallest absolute Gasteiger partial charge is 0.329 e. The van der Waals surface area contributed by atoms with Crippen LogP contribution in [0.5, 0.6) is 0 Å². The van der Waals surface area contributed by atoms with E-state index in [-0.39, 0.29) is 18.6 Å². The SMILES string of the molecule is CCCN(C(=O)COCC(=O)O)C(C)c1ccccc1Br. The Balaban J connectivity index is 2.78. The normalized spacial score (nSPS) is 12.0. The van der Waals surface area contributed by atoms with Gasteiger partial charge < -0.3 is 14.7 Å². The van der Waals surface area contributed by atoms with Gasteiger partial charge in [-0.25, -0.2) is 4.79 Å². The number of nitrogens with zero attached hydrogens (tertiary/aromatic N) is 1. The maximum Gasteiger partial charge on any atom is 0.329 e. The molecule has 0 aliphatic carbocycles. The van der Waals surface area contributed by atoms with E-state index in [0.29, 0.717) is 6.54 Å². The molecule has 1 N–H and O–H groups in total. The summed E-state index contributed by atoms with van der Waals surface area (Å²) in [5.41, 5.74) is 1.01. The maximum absolute atomic E-state index is 12.2. The van der Waals surface area contributed by atoms with E-state index in [0.717, 1.165) is 16.5 Å². The van der Waals surface area contributed by atoms with Crippen LogP contribution in [0.3, 0.4) is 0 Å². The molecule has 0 heterocycles. The molecule has 0 radical (unpaired) electrons. The minimum absolute atomic E-state index is 0.110. The van der Waals surface area contributed by atoms with E-state index < -0.39 is 12.6 Å². The summed E-state index contributed by atoms with van der Waals surface area (Å²) in [6.07, 6.45) is 0.819. The van der Waals surface area contributed by atoms with Crippen molar-refractivity contribution in [2.45, 2.75) is 26.3 Å². The van der Waals surface area contributed by atoms with Gasteiger partial charge in [-0.3, -0.25) is 4.79 Å². The van der Waals surface area contributed by atoms with Crippen molar-refractivity contribution in [3.8, 4) is 0 Å². The van der Waals surface area contributed by atoms with Crippen LogP contribution in [0, 0.1) is 0 Å². The molecule has 1 amide bonds. The van der Waals surface area contributed by atoms with Crippen LogP contribution in [0.1, 0.15) is 31.9 Å². The molecule has 1 aromatic rings. The molecule has 1 aromatic carbocycles. The summed E-state index contributed by atoms with van der Waals surface area (Å²) in [6.45, 7) is 3.85. The lowest BCUT2D eigenvalue weighted by Gasteiger charge is -2.30. The lowest BCUT2D eigenvalue weighted by Crippen LogP contribution is -2.37. The summed E-state index contributed by atoms with van der Waals surface area (Å²) in [5.74, 6) is -1.29. The van der Waals surface area contributed by atoms with Crippen molar-refractivity contribution in [2.75, 3.05) is 19.8 Å². The van der Waals surface area contributed by atoms with Crippen LogP contribution in [0.25, 0.3) is 0 Å². The Hall–Kier alpha value is -1.40. The summed E-state index contributed by atoms with van der Waals surface area (Å²) < 4.78 is 5.84. The number of hydrogen-bond acceptors (Lipinski definition) is 3. The molecule has 21 heavy (non-hydrogen) atoms. The quantitative estimate of drug-likeness (QED) is 0.776. The van der Waals surface area contributed by atoms with Gasteiger partial charge in [-0.15, -0.1) is 0 Å². The highest BCUT2D eigenvalue weighted by atomic mass is 79.9. The molecule has 5 nitrogen and oxygen atoms in total. The molecule has 1 rings (SSSR count). The molecule has 0 aliphatic heterocycles. The van der Waals surface area contributed by atoms with Crippen molar-refractivity contribution in [1.29, 1.82) is 0 Å². The highest BCUT2D eigenvalue weighted by Crippen LogP contribution is 2.27. The fourth-order valence-electron chi connectivity index (χ4n) is 2.07. The molecule has 0 bridgehead atoms. The topological polar surface area (TPSA) is 66.8 Å². The standard InChI is InChI=1S/C15H20BrNO4/c1-3-8-17(14(18)9-21-10-15(19)20)11(2)12-6-4-5-7-13(12)16/h4-7,11H,3,8-10H2,1-2H3,(H,19,20). The third kappa shape index (κ3) is 5.47. The highest BCUT2D eigenvalue weighted by molar-refractivity contribution is 9.10. The van der Waals surface area contributed by atoms with Gasteiger partial charge in [0.25, 0.3) is 0 Å². The first-order chi connectivity index (χ1) is 9.97. The number of benzene rings is 1. The summed E-state index contributed by atoms with van der Waals surface area (Å²) in [6, 6.07) is 7.62. The number of carbonyl (C=O) groups excluding carboxylic acids is 1. The molecule has 1 unspecified atom stereocenters. The molecule has 0 aromatic heterocycles. The average Bonchev–Trinajstić information content (AvgIpc) is 2.44. The van der Waals surface area contributed by atoms with Crippen LogP contribution in [0.4, 0.5) is 0 Å².